The van der Waals surface area contributed by atoms with Gasteiger partial charge in [-0.1, -0.05) is 12.1 Å². The minimum Gasteiger partial charge on any atom is -0.378 e. The molecule has 0 spiro atoms. The lowest BCUT2D eigenvalue weighted by Crippen LogP contribution is -2.48. The van der Waals surface area contributed by atoms with Gasteiger partial charge < -0.3 is 19.9 Å². The van der Waals surface area contributed by atoms with Gasteiger partial charge in [0.2, 0.25) is 0 Å². The number of morpholine rings is 1. The second-order valence-electron chi connectivity index (χ2n) is 7.65. The van der Waals surface area contributed by atoms with Crippen molar-refractivity contribution in [3.05, 3.63) is 47.8 Å². The molecule has 3 rings (SSSR count). The predicted molar refractivity (Wildman–Crippen MR) is 134 cm³/mol. The zero-order chi connectivity index (χ0) is 20.6. The average molecular weight is 526 g/mol. The van der Waals surface area contributed by atoms with Crippen LogP contribution in [0.2, 0.25) is 0 Å². The Balaban J connectivity index is 0.00000320. The topological polar surface area (TPSA) is 57.9 Å². The van der Waals surface area contributed by atoms with Crippen molar-refractivity contribution < 1.29 is 4.74 Å². The highest BCUT2D eigenvalue weighted by atomic mass is 127. The van der Waals surface area contributed by atoms with E-state index in [9.17, 15) is 0 Å². The number of anilines is 1. The first kappa shape index (κ1) is 24.5. The van der Waals surface area contributed by atoms with Gasteiger partial charge in [-0.05, 0) is 37.5 Å². The van der Waals surface area contributed by atoms with Gasteiger partial charge >= 0.3 is 0 Å². The van der Waals surface area contributed by atoms with Crippen LogP contribution in [0.25, 0.3) is 0 Å². The molecule has 0 amide bonds. The number of halogens is 1. The SMILES string of the molecule is CCNC(=NCCCc1ccc(N(C)C)cc1)N1CCOC(c2cnn(C)c2)C1.I. The molecule has 2 aromatic rings. The molecule has 0 bridgehead atoms. The van der Waals surface area contributed by atoms with Gasteiger partial charge in [0.05, 0.1) is 19.3 Å². The molecule has 1 aromatic heterocycles. The number of hydrogen-bond donors (Lipinski definition) is 1. The molecule has 1 fully saturated rings. The van der Waals surface area contributed by atoms with Gasteiger partial charge in [0.15, 0.2) is 5.96 Å². The van der Waals surface area contributed by atoms with E-state index < -0.39 is 0 Å². The van der Waals surface area contributed by atoms with Gasteiger partial charge in [-0.25, -0.2) is 0 Å². The Labute approximate surface area is 197 Å². The van der Waals surface area contributed by atoms with E-state index in [1.54, 1.807) is 0 Å². The second-order valence-corrected chi connectivity index (χ2v) is 7.65. The fourth-order valence-corrected chi connectivity index (χ4v) is 3.50. The number of rotatable bonds is 7. The predicted octanol–water partition coefficient (Wildman–Crippen LogP) is 3.08. The van der Waals surface area contributed by atoms with Gasteiger partial charge in [-0.2, -0.15) is 5.10 Å². The number of aromatic nitrogens is 2. The zero-order valence-corrected chi connectivity index (χ0v) is 20.9. The molecule has 30 heavy (non-hydrogen) atoms. The van der Waals surface area contributed by atoms with Crippen LogP contribution in [0.4, 0.5) is 5.69 Å². The normalized spacial score (nSPS) is 16.9. The van der Waals surface area contributed by atoms with Crippen molar-refractivity contribution in [2.45, 2.75) is 25.9 Å². The van der Waals surface area contributed by atoms with Gasteiger partial charge in [0.25, 0.3) is 0 Å². The van der Waals surface area contributed by atoms with Gasteiger partial charge in [-0.3, -0.25) is 9.67 Å². The van der Waals surface area contributed by atoms with Gasteiger partial charge in [0, 0.05) is 58.2 Å². The number of benzene rings is 1. The van der Waals surface area contributed by atoms with Crippen LogP contribution in [0.1, 0.15) is 30.6 Å². The van der Waals surface area contributed by atoms with E-state index in [0.29, 0.717) is 6.61 Å². The van der Waals surface area contributed by atoms with Crippen molar-refractivity contribution in [3.8, 4) is 0 Å². The summed E-state index contributed by atoms with van der Waals surface area (Å²) in [6.07, 6.45) is 6.03. The largest absolute Gasteiger partial charge is 0.378 e. The number of aryl methyl sites for hydroxylation is 2. The number of aliphatic imine (C=N–C) groups is 1. The molecule has 1 aliphatic heterocycles. The molecule has 0 saturated carbocycles. The van der Waals surface area contributed by atoms with E-state index in [1.165, 1.54) is 11.3 Å². The van der Waals surface area contributed by atoms with Gasteiger partial charge in [-0.15, -0.1) is 24.0 Å². The number of nitrogens with zero attached hydrogens (tertiary/aromatic N) is 5. The van der Waals surface area contributed by atoms with E-state index in [-0.39, 0.29) is 30.1 Å². The molecule has 1 N–H and O–H groups in total. The summed E-state index contributed by atoms with van der Waals surface area (Å²) >= 11 is 0. The van der Waals surface area contributed by atoms with E-state index in [2.05, 4.69) is 65.5 Å². The minimum absolute atomic E-state index is 0. The standard InChI is InChI=1S/C22H34N6O.HI/c1-5-23-22(24-12-6-7-18-8-10-20(11-9-18)26(2)3)28-13-14-29-21(17-28)19-15-25-27(4)16-19;/h8-11,15-16,21H,5-7,12-14,17H2,1-4H3,(H,23,24);1H. The summed E-state index contributed by atoms with van der Waals surface area (Å²) in [4.78, 5) is 9.30. The molecule has 0 aliphatic carbocycles. The summed E-state index contributed by atoms with van der Waals surface area (Å²) < 4.78 is 7.79. The van der Waals surface area contributed by atoms with E-state index in [1.807, 2.05) is 24.1 Å². The molecule has 1 saturated heterocycles. The maximum absolute atomic E-state index is 5.96. The third-order valence-electron chi connectivity index (χ3n) is 5.14. The minimum atomic E-state index is 0. The highest BCUT2D eigenvalue weighted by Crippen LogP contribution is 2.21. The molecule has 1 unspecified atom stereocenters. The van der Waals surface area contributed by atoms with Crippen molar-refractivity contribution in [1.82, 2.24) is 20.0 Å². The lowest BCUT2D eigenvalue weighted by atomic mass is 10.1. The van der Waals surface area contributed by atoms with Crippen LogP contribution in [-0.2, 0) is 18.2 Å². The van der Waals surface area contributed by atoms with E-state index in [4.69, 9.17) is 9.73 Å². The Bertz CT molecular complexity index is 789. The van der Waals surface area contributed by atoms with Crippen molar-refractivity contribution >= 4 is 35.6 Å². The van der Waals surface area contributed by atoms with Crippen LogP contribution < -0.4 is 10.2 Å². The maximum atomic E-state index is 5.96. The first-order valence-corrected chi connectivity index (χ1v) is 10.5. The fraction of sp³-hybridized carbons (Fsp3) is 0.545. The molecule has 1 aliphatic rings. The number of nitrogens with one attached hydrogen (secondary N) is 1. The number of ether oxygens (including phenoxy) is 1. The van der Waals surface area contributed by atoms with Crippen LogP contribution in [0.3, 0.4) is 0 Å². The molecule has 1 atom stereocenters. The smallest absolute Gasteiger partial charge is 0.194 e. The molecule has 1 aromatic carbocycles. The first-order chi connectivity index (χ1) is 14.1. The van der Waals surface area contributed by atoms with Crippen LogP contribution in [0, 0.1) is 0 Å². The van der Waals surface area contributed by atoms with Gasteiger partial charge in [0.1, 0.15) is 6.10 Å². The highest BCUT2D eigenvalue weighted by Gasteiger charge is 2.25. The lowest BCUT2D eigenvalue weighted by Gasteiger charge is -2.34. The summed E-state index contributed by atoms with van der Waals surface area (Å²) in [6, 6.07) is 8.78. The third-order valence-corrected chi connectivity index (χ3v) is 5.14. The van der Waals surface area contributed by atoms with Crippen LogP contribution in [0.15, 0.2) is 41.7 Å². The summed E-state index contributed by atoms with van der Waals surface area (Å²) in [7, 11) is 6.07. The molecule has 8 heteroatoms. The fourth-order valence-electron chi connectivity index (χ4n) is 3.50. The zero-order valence-electron chi connectivity index (χ0n) is 18.5. The lowest BCUT2D eigenvalue weighted by molar-refractivity contribution is -0.00804. The third kappa shape index (κ3) is 6.87. The monoisotopic (exact) mass is 526 g/mol. The molecular weight excluding hydrogens is 491 g/mol. The Morgan fingerprint density at radius 3 is 2.70 bits per heavy atom. The molecule has 0 radical (unpaired) electrons. The molecule has 2 heterocycles. The Kier molecular flexibility index (Phi) is 9.90. The number of guanidine groups is 1. The van der Waals surface area contributed by atoms with E-state index >= 15 is 0 Å². The van der Waals surface area contributed by atoms with E-state index in [0.717, 1.165) is 50.5 Å². The molecule has 7 nitrogen and oxygen atoms in total. The van der Waals surface area contributed by atoms with Crippen LogP contribution in [0.5, 0.6) is 0 Å². The summed E-state index contributed by atoms with van der Waals surface area (Å²) in [5.74, 6) is 0.979. The Morgan fingerprint density at radius 2 is 2.07 bits per heavy atom. The van der Waals surface area contributed by atoms with Crippen molar-refractivity contribution in [2.24, 2.45) is 12.0 Å². The van der Waals surface area contributed by atoms with Crippen molar-refractivity contribution in [2.75, 3.05) is 51.8 Å². The Morgan fingerprint density at radius 1 is 1.30 bits per heavy atom. The van der Waals surface area contributed by atoms with Crippen LogP contribution >= 0.6 is 24.0 Å². The van der Waals surface area contributed by atoms with Crippen molar-refractivity contribution in [1.29, 1.82) is 0 Å². The number of hydrogen-bond acceptors (Lipinski definition) is 4. The first-order valence-electron chi connectivity index (χ1n) is 10.5. The quantitative estimate of drug-likeness (QED) is 0.260. The molecular formula is C22H35IN6O. The summed E-state index contributed by atoms with van der Waals surface area (Å²) in [6.45, 7) is 6.13. The second kappa shape index (κ2) is 12.1. The molecule has 166 valence electrons. The summed E-state index contributed by atoms with van der Waals surface area (Å²) in [5, 5.41) is 7.71. The summed E-state index contributed by atoms with van der Waals surface area (Å²) in [5.41, 5.74) is 3.71. The average Bonchev–Trinajstić information content (AvgIpc) is 3.17. The van der Waals surface area contributed by atoms with Crippen molar-refractivity contribution in [3.63, 3.8) is 0 Å². The van der Waals surface area contributed by atoms with Crippen LogP contribution in [-0.4, -0.2) is 67.5 Å². The highest BCUT2D eigenvalue weighted by molar-refractivity contribution is 14.0. The maximum Gasteiger partial charge on any atom is 0.194 e. The Hall–Kier alpha value is -1.81.